The summed E-state index contributed by atoms with van der Waals surface area (Å²) in [6, 6.07) is 15.5. The number of fused-ring (bicyclic) bond motifs is 2. The van der Waals surface area contributed by atoms with Crippen molar-refractivity contribution >= 4 is 77.5 Å². The molecule has 3 aromatic carbocycles. The Morgan fingerprint density at radius 1 is 1.15 bits per heavy atom. The van der Waals surface area contributed by atoms with Gasteiger partial charge in [0, 0.05) is 20.4 Å². The first-order chi connectivity index (χ1) is 18.8. The number of rotatable bonds is 8. The average Bonchev–Trinajstić information content (AvgIpc) is 3.33. The maximum absolute atomic E-state index is 13.6. The van der Waals surface area contributed by atoms with Gasteiger partial charge < -0.3 is 19.0 Å². The van der Waals surface area contributed by atoms with Gasteiger partial charge in [-0.2, -0.15) is 9.78 Å². The fourth-order valence-corrected chi connectivity index (χ4v) is 4.98. The molecule has 0 aliphatic heterocycles. The molecule has 39 heavy (non-hydrogen) atoms. The molecule has 5 aromatic rings. The van der Waals surface area contributed by atoms with Gasteiger partial charge in [-0.05, 0) is 81.2 Å². The van der Waals surface area contributed by atoms with Crippen LogP contribution in [0, 0.1) is 0 Å². The molecule has 0 amide bonds. The van der Waals surface area contributed by atoms with Crippen LogP contribution in [0.15, 0.2) is 77.9 Å². The summed E-state index contributed by atoms with van der Waals surface area (Å²) in [6.07, 6.45) is 1.46. The maximum Gasteiger partial charge on any atom is 0.341 e. The van der Waals surface area contributed by atoms with Crippen molar-refractivity contribution in [1.29, 1.82) is 0 Å². The van der Waals surface area contributed by atoms with Crippen molar-refractivity contribution in [3.05, 3.63) is 84.5 Å². The summed E-state index contributed by atoms with van der Waals surface area (Å²) in [5.41, 5.74) is 1.20. The molecule has 0 bridgehead atoms. The lowest BCUT2D eigenvalue weighted by atomic mass is 10.2. The van der Waals surface area contributed by atoms with E-state index in [0.717, 1.165) is 10.1 Å². The zero-order valence-electron chi connectivity index (χ0n) is 20.2. The number of aliphatic carboxylic acids is 1. The molecule has 0 aliphatic rings. The lowest BCUT2D eigenvalue weighted by Crippen LogP contribution is -2.20. The van der Waals surface area contributed by atoms with Crippen LogP contribution in [-0.4, -0.2) is 40.2 Å². The fourth-order valence-electron chi connectivity index (χ4n) is 3.86. The second-order valence-corrected chi connectivity index (χ2v) is 10.2. The van der Waals surface area contributed by atoms with Crippen LogP contribution in [0.25, 0.3) is 33.5 Å². The second-order valence-electron chi connectivity index (χ2n) is 8.14. The average molecular weight is 676 g/mol. The minimum Gasteiger partial charge on any atom is -0.490 e. The minimum absolute atomic E-state index is 0.198. The van der Waals surface area contributed by atoms with Gasteiger partial charge in [-0.25, -0.2) is 9.78 Å². The van der Waals surface area contributed by atoms with Gasteiger partial charge in [0.15, 0.2) is 23.9 Å². The predicted molar refractivity (Wildman–Crippen MR) is 155 cm³/mol. The smallest absolute Gasteiger partial charge is 0.341 e. The highest BCUT2D eigenvalue weighted by molar-refractivity contribution is 9.13. The van der Waals surface area contributed by atoms with E-state index in [1.165, 1.54) is 6.21 Å². The fraction of sp³-hybridized carbons (Fsp3) is 0.111. The summed E-state index contributed by atoms with van der Waals surface area (Å²) in [7, 11) is 0. The highest BCUT2D eigenvalue weighted by atomic mass is 79.9. The van der Waals surface area contributed by atoms with E-state index in [1.807, 2.05) is 0 Å². The standard InChI is InChI=1S/C27H18Br2ClN3O6/c1-2-37-20-11-15(23(28)24(29)25(20)38-13-22(34)35)12-31-33-26(32-18-6-4-3-5-17(18)27(33)36)21-10-14-9-16(30)7-8-19(14)39-21/h3-12H,2,13H2,1H3,(H,34,35). The molecule has 0 saturated carbocycles. The SMILES string of the molecule is CCOc1cc(C=Nn2c(-c3cc4cc(Cl)ccc4o3)nc3ccccc3c2=O)c(Br)c(Br)c1OCC(=O)O. The highest BCUT2D eigenvalue weighted by Gasteiger charge is 2.20. The maximum atomic E-state index is 13.6. The zero-order chi connectivity index (χ0) is 27.7. The largest absolute Gasteiger partial charge is 0.490 e. The molecule has 2 aromatic heterocycles. The molecular formula is C27H18Br2ClN3O6. The van der Waals surface area contributed by atoms with E-state index in [1.54, 1.807) is 61.5 Å². The van der Waals surface area contributed by atoms with Crippen LogP contribution in [0.4, 0.5) is 0 Å². The number of carboxylic acids is 1. The molecular weight excluding hydrogens is 658 g/mol. The number of ether oxygens (including phenoxy) is 2. The Hall–Kier alpha value is -3.67. The number of benzene rings is 3. The van der Waals surface area contributed by atoms with Gasteiger partial charge in [-0.3, -0.25) is 4.79 Å². The summed E-state index contributed by atoms with van der Waals surface area (Å²) in [5.74, 6) is -0.0818. The Labute approximate surface area is 242 Å². The van der Waals surface area contributed by atoms with Crippen molar-refractivity contribution in [3.63, 3.8) is 0 Å². The third kappa shape index (κ3) is 5.42. The number of hydrogen-bond acceptors (Lipinski definition) is 7. The summed E-state index contributed by atoms with van der Waals surface area (Å²) in [6.45, 7) is 1.54. The number of hydrogen-bond donors (Lipinski definition) is 1. The normalized spacial score (nSPS) is 11.5. The second kappa shape index (κ2) is 11.2. The van der Waals surface area contributed by atoms with Gasteiger partial charge in [0.25, 0.3) is 5.56 Å². The first-order valence-electron chi connectivity index (χ1n) is 11.5. The molecule has 5 rings (SSSR count). The molecule has 0 spiro atoms. The van der Waals surface area contributed by atoms with Crippen molar-refractivity contribution in [2.75, 3.05) is 13.2 Å². The number of carbonyl (C=O) groups is 1. The molecule has 0 fully saturated rings. The van der Waals surface area contributed by atoms with Gasteiger partial charge in [0.2, 0.25) is 5.82 Å². The van der Waals surface area contributed by atoms with Crippen molar-refractivity contribution in [1.82, 2.24) is 9.66 Å². The molecule has 0 radical (unpaired) electrons. The highest BCUT2D eigenvalue weighted by Crippen LogP contribution is 2.42. The third-order valence-corrected chi connectivity index (χ3v) is 7.94. The van der Waals surface area contributed by atoms with E-state index in [2.05, 4.69) is 41.9 Å². The summed E-state index contributed by atoms with van der Waals surface area (Å²) in [4.78, 5) is 29.3. The quantitative estimate of drug-likeness (QED) is 0.181. The minimum atomic E-state index is -1.13. The number of carboxylic acid groups (broad SMARTS) is 1. The Kier molecular flexibility index (Phi) is 7.74. The lowest BCUT2D eigenvalue weighted by Gasteiger charge is -2.15. The molecule has 9 nitrogen and oxygen atoms in total. The van der Waals surface area contributed by atoms with Crippen LogP contribution in [-0.2, 0) is 4.79 Å². The molecule has 0 unspecified atom stereocenters. The van der Waals surface area contributed by atoms with Gasteiger partial charge in [0.1, 0.15) is 5.58 Å². The molecule has 1 N–H and O–H groups in total. The van der Waals surface area contributed by atoms with E-state index in [-0.39, 0.29) is 11.6 Å². The van der Waals surface area contributed by atoms with Crippen molar-refractivity contribution in [3.8, 4) is 23.1 Å². The van der Waals surface area contributed by atoms with E-state index < -0.39 is 18.1 Å². The van der Waals surface area contributed by atoms with Crippen LogP contribution >= 0.6 is 43.5 Å². The third-order valence-electron chi connectivity index (χ3n) is 5.56. The Morgan fingerprint density at radius 3 is 2.72 bits per heavy atom. The van der Waals surface area contributed by atoms with Crippen LogP contribution in [0.5, 0.6) is 11.5 Å². The molecule has 2 heterocycles. The van der Waals surface area contributed by atoms with Gasteiger partial charge in [-0.1, -0.05) is 23.7 Å². The molecule has 198 valence electrons. The van der Waals surface area contributed by atoms with E-state index in [9.17, 15) is 9.59 Å². The van der Waals surface area contributed by atoms with Gasteiger partial charge in [0.05, 0.1) is 28.2 Å². The number of furan rings is 1. The first-order valence-corrected chi connectivity index (χ1v) is 13.5. The number of para-hydroxylation sites is 1. The van der Waals surface area contributed by atoms with E-state index in [0.29, 0.717) is 54.1 Å². The van der Waals surface area contributed by atoms with Gasteiger partial charge in [-0.15, -0.1) is 0 Å². The molecule has 0 saturated heterocycles. The zero-order valence-corrected chi connectivity index (χ0v) is 24.1. The monoisotopic (exact) mass is 673 g/mol. The summed E-state index contributed by atoms with van der Waals surface area (Å²) in [5, 5.41) is 15.2. The number of halogens is 3. The van der Waals surface area contributed by atoms with Crippen molar-refractivity contribution in [2.24, 2.45) is 5.10 Å². The molecule has 12 heteroatoms. The van der Waals surface area contributed by atoms with Crippen molar-refractivity contribution in [2.45, 2.75) is 6.92 Å². The number of nitrogens with zero attached hydrogens (tertiary/aromatic N) is 3. The first kappa shape index (κ1) is 26.9. The lowest BCUT2D eigenvalue weighted by molar-refractivity contribution is -0.139. The van der Waals surface area contributed by atoms with Crippen LogP contribution in [0.3, 0.4) is 0 Å². The Morgan fingerprint density at radius 2 is 1.95 bits per heavy atom. The molecule has 0 atom stereocenters. The Balaban J connectivity index is 1.67. The topological polar surface area (TPSA) is 116 Å². The molecule has 0 aliphatic carbocycles. The predicted octanol–water partition coefficient (Wildman–Crippen LogP) is 6.73. The van der Waals surface area contributed by atoms with E-state index >= 15 is 0 Å². The van der Waals surface area contributed by atoms with Crippen LogP contribution < -0.4 is 15.0 Å². The van der Waals surface area contributed by atoms with E-state index in [4.69, 9.17) is 30.6 Å². The van der Waals surface area contributed by atoms with Crippen LogP contribution in [0.2, 0.25) is 5.02 Å². The summed E-state index contributed by atoms with van der Waals surface area (Å²) >= 11 is 13.1. The van der Waals surface area contributed by atoms with Gasteiger partial charge >= 0.3 is 5.97 Å². The Bertz CT molecular complexity index is 1830. The summed E-state index contributed by atoms with van der Waals surface area (Å²) < 4.78 is 19.2. The number of aromatic nitrogens is 2. The van der Waals surface area contributed by atoms with Crippen molar-refractivity contribution < 1.29 is 23.8 Å². The van der Waals surface area contributed by atoms with Crippen LogP contribution in [0.1, 0.15) is 12.5 Å².